The van der Waals surface area contributed by atoms with Crippen molar-refractivity contribution in [3.8, 4) is 0 Å². The van der Waals surface area contributed by atoms with Gasteiger partial charge in [-0.25, -0.2) is 27.9 Å². The molecule has 0 bridgehead atoms. The number of anilines is 2. The van der Waals surface area contributed by atoms with E-state index in [2.05, 4.69) is 30.1 Å². The van der Waals surface area contributed by atoms with Gasteiger partial charge in [0.2, 0.25) is 0 Å². The Kier molecular flexibility index (Phi) is 4.68. The van der Waals surface area contributed by atoms with Gasteiger partial charge in [0.15, 0.2) is 17.3 Å². The van der Waals surface area contributed by atoms with Gasteiger partial charge in [-0.2, -0.15) is 5.10 Å². The summed E-state index contributed by atoms with van der Waals surface area (Å²) >= 11 is 0. The molecule has 3 heterocycles. The standard InChI is InChI=1S/C21H17N7O2S/c29-31(30,16-6-2-1-3-7-16)27-21-20(25-17-8-4-5-9-18(17)26-21)23-14-15-10-12-22-19-11-13-24-28(15)19/h1-13H,14H2,(H,23,25)(H,26,27). The molecule has 0 aliphatic carbocycles. The Balaban J connectivity index is 1.52. The molecule has 3 aromatic heterocycles. The van der Waals surface area contributed by atoms with Gasteiger partial charge in [0.1, 0.15) is 0 Å². The first kappa shape index (κ1) is 18.9. The molecular weight excluding hydrogens is 414 g/mol. The summed E-state index contributed by atoms with van der Waals surface area (Å²) < 4.78 is 30.0. The van der Waals surface area contributed by atoms with Crippen molar-refractivity contribution >= 4 is 38.3 Å². The SMILES string of the molecule is O=S(=O)(Nc1nc2ccccc2nc1NCc1ccnc2ccnn12)c1ccccc1. The van der Waals surface area contributed by atoms with Crippen LogP contribution in [0.3, 0.4) is 0 Å². The molecule has 154 valence electrons. The van der Waals surface area contributed by atoms with E-state index in [9.17, 15) is 8.42 Å². The van der Waals surface area contributed by atoms with Gasteiger partial charge in [-0.3, -0.25) is 4.72 Å². The Morgan fingerprint density at radius 1 is 0.806 bits per heavy atom. The van der Waals surface area contributed by atoms with Crippen molar-refractivity contribution in [3.05, 3.63) is 84.8 Å². The maximum absolute atomic E-state index is 12.9. The zero-order valence-corrected chi connectivity index (χ0v) is 17.0. The summed E-state index contributed by atoms with van der Waals surface area (Å²) in [4.78, 5) is 13.5. The van der Waals surface area contributed by atoms with E-state index in [1.165, 1.54) is 12.1 Å². The van der Waals surface area contributed by atoms with E-state index in [0.29, 0.717) is 29.0 Å². The normalized spacial score (nSPS) is 11.6. The minimum absolute atomic E-state index is 0.119. The summed E-state index contributed by atoms with van der Waals surface area (Å²) in [6, 6.07) is 19.0. The molecule has 9 nitrogen and oxygen atoms in total. The lowest BCUT2D eigenvalue weighted by Crippen LogP contribution is -2.17. The molecule has 5 rings (SSSR count). The lowest BCUT2D eigenvalue weighted by molar-refractivity contribution is 0.601. The van der Waals surface area contributed by atoms with E-state index < -0.39 is 10.0 Å². The van der Waals surface area contributed by atoms with Crippen LogP contribution in [0.25, 0.3) is 16.7 Å². The molecule has 0 unspecified atom stereocenters. The van der Waals surface area contributed by atoms with E-state index in [1.54, 1.807) is 47.2 Å². The number of para-hydroxylation sites is 2. The van der Waals surface area contributed by atoms with Gasteiger partial charge in [-0.05, 0) is 30.3 Å². The number of hydrogen-bond donors (Lipinski definition) is 2. The molecule has 0 radical (unpaired) electrons. The Morgan fingerprint density at radius 3 is 2.29 bits per heavy atom. The van der Waals surface area contributed by atoms with Crippen LogP contribution in [0.1, 0.15) is 5.69 Å². The average Bonchev–Trinajstić information content (AvgIpc) is 3.27. The number of sulfonamides is 1. The van der Waals surface area contributed by atoms with Gasteiger partial charge in [-0.1, -0.05) is 30.3 Å². The number of nitrogens with one attached hydrogen (secondary N) is 2. The first-order valence-electron chi connectivity index (χ1n) is 9.46. The van der Waals surface area contributed by atoms with E-state index in [1.807, 2.05) is 24.3 Å². The highest BCUT2D eigenvalue weighted by Crippen LogP contribution is 2.24. The van der Waals surface area contributed by atoms with Gasteiger partial charge in [0, 0.05) is 12.3 Å². The largest absolute Gasteiger partial charge is 0.361 e. The molecule has 0 amide bonds. The third-order valence-electron chi connectivity index (χ3n) is 4.66. The van der Waals surface area contributed by atoms with Gasteiger partial charge < -0.3 is 5.32 Å². The van der Waals surface area contributed by atoms with Gasteiger partial charge in [0.25, 0.3) is 10.0 Å². The number of benzene rings is 2. The third kappa shape index (κ3) is 3.76. The number of hydrogen-bond acceptors (Lipinski definition) is 7. The molecule has 0 saturated heterocycles. The Morgan fingerprint density at radius 2 is 1.52 bits per heavy atom. The zero-order chi connectivity index (χ0) is 21.3. The van der Waals surface area contributed by atoms with E-state index in [-0.39, 0.29) is 10.7 Å². The second-order valence-corrected chi connectivity index (χ2v) is 8.40. The van der Waals surface area contributed by atoms with Crippen molar-refractivity contribution in [3.63, 3.8) is 0 Å². The lowest BCUT2D eigenvalue weighted by Gasteiger charge is -2.14. The average molecular weight is 431 g/mol. The van der Waals surface area contributed by atoms with Crippen LogP contribution >= 0.6 is 0 Å². The molecule has 0 fully saturated rings. The van der Waals surface area contributed by atoms with Crippen LogP contribution < -0.4 is 10.0 Å². The predicted molar refractivity (Wildman–Crippen MR) is 117 cm³/mol. The van der Waals surface area contributed by atoms with Crippen molar-refractivity contribution in [2.24, 2.45) is 0 Å². The Labute approximate surface area is 177 Å². The highest BCUT2D eigenvalue weighted by Gasteiger charge is 2.18. The molecule has 2 aromatic carbocycles. The van der Waals surface area contributed by atoms with Crippen LogP contribution in [-0.2, 0) is 16.6 Å². The minimum atomic E-state index is -3.83. The van der Waals surface area contributed by atoms with Crippen LogP contribution in [0, 0.1) is 0 Å². The fraction of sp³-hybridized carbons (Fsp3) is 0.0476. The molecule has 10 heteroatoms. The maximum atomic E-state index is 12.9. The summed E-state index contributed by atoms with van der Waals surface area (Å²) in [5.41, 5.74) is 2.78. The summed E-state index contributed by atoms with van der Waals surface area (Å²) in [6.45, 7) is 0.341. The Bertz CT molecular complexity index is 1480. The number of aromatic nitrogens is 5. The van der Waals surface area contributed by atoms with Crippen LogP contribution in [-0.4, -0.2) is 33.0 Å². The molecule has 0 aliphatic rings. The van der Waals surface area contributed by atoms with Crippen LogP contribution in [0.15, 0.2) is 84.0 Å². The number of fused-ring (bicyclic) bond motifs is 2. The predicted octanol–water partition coefficient (Wildman–Crippen LogP) is 3.09. The molecule has 0 aliphatic heterocycles. The maximum Gasteiger partial charge on any atom is 0.263 e. The van der Waals surface area contributed by atoms with E-state index >= 15 is 0 Å². The highest BCUT2D eigenvalue weighted by molar-refractivity contribution is 7.92. The third-order valence-corrected chi connectivity index (χ3v) is 6.02. The summed E-state index contributed by atoms with van der Waals surface area (Å²) in [7, 11) is -3.83. The van der Waals surface area contributed by atoms with Gasteiger partial charge in [-0.15, -0.1) is 0 Å². The van der Waals surface area contributed by atoms with Crippen LogP contribution in [0.2, 0.25) is 0 Å². The highest BCUT2D eigenvalue weighted by atomic mass is 32.2. The van der Waals surface area contributed by atoms with E-state index in [0.717, 1.165) is 5.69 Å². The van der Waals surface area contributed by atoms with Crippen molar-refractivity contribution < 1.29 is 8.42 Å². The zero-order valence-electron chi connectivity index (χ0n) is 16.2. The first-order chi connectivity index (χ1) is 15.1. The monoisotopic (exact) mass is 431 g/mol. The van der Waals surface area contributed by atoms with Crippen LogP contribution in [0.5, 0.6) is 0 Å². The first-order valence-corrected chi connectivity index (χ1v) is 10.9. The smallest absolute Gasteiger partial charge is 0.263 e. The van der Waals surface area contributed by atoms with Gasteiger partial charge >= 0.3 is 0 Å². The Hall–Kier alpha value is -4.05. The van der Waals surface area contributed by atoms with Crippen LogP contribution in [0.4, 0.5) is 11.6 Å². The summed E-state index contributed by atoms with van der Waals surface area (Å²) in [5, 5.41) is 7.46. The molecule has 0 spiro atoms. The topological polar surface area (TPSA) is 114 Å². The second kappa shape index (κ2) is 7.65. The molecule has 31 heavy (non-hydrogen) atoms. The summed E-state index contributed by atoms with van der Waals surface area (Å²) in [6.07, 6.45) is 3.36. The summed E-state index contributed by atoms with van der Waals surface area (Å²) in [5.74, 6) is 0.434. The van der Waals surface area contributed by atoms with E-state index in [4.69, 9.17) is 0 Å². The second-order valence-electron chi connectivity index (χ2n) is 6.72. The van der Waals surface area contributed by atoms with Gasteiger partial charge in [0.05, 0.1) is 34.4 Å². The molecule has 5 aromatic rings. The molecular formula is C21H17N7O2S. The number of nitrogens with zero attached hydrogens (tertiary/aromatic N) is 5. The number of rotatable bonds is 6. The molecule has 2 N–H and O–H groups in total. The van der Waals surface area contributed by atoms with Crippen molar-refractivity contribution in [2.75, 3.05) is 10.0 Å². The molecule has 0 saturated carbocycles. The van der Waals surface area contributed by atoms with Crippen molar-refractivity contribution in [1.82, 2.24) is 24.6 Å². The quantitative estimate of drug-likeness (QED) is 0.425. The lowest BCUT2D eigenvalue weighted by atomic mass is 10.3. The fourth-order valence-corrected chi connectivity index (χ4v) is 4.20. The minimum Gasteiger partial charge on any atom is -0.361 e. The van der Waals surface area contributed by atoms with Crippen molar-refractivity contribution in [2.45, 2.75) is 11.4 Å². The van der Waals surface area contributed by atoms with Crippen molar-refractivity contribution in [1.29, 1.82) is 0 Å². The molecule has 0 atom stereocenters. The fourth-order valence-electron chi connectivity index (χ4n) is 3.17.